The van der Waals surface area contributed by atoms with E-state index in [1.807, 2.05) is 25.1 Å². The van der Waals surface area contributed by atoms with Crippen LogP contribution in [0.4, 0.5) is 0 Å². The molecule has 1 heterocycles. The molecule has 0 amide bonds. The lowest BCUT2D eigenvalue weighted by atomic mass is 10.1. The lowest BCUT2D eigenvalue weighted by Crippen LogP contribution is -2.26. The number of nitrogens with one attached hydrogen (secondary N) is 1. The van der Waals surface area contributed by atoms with Crippen molar-refractivity contribution in [1.29, 1.82) is 0 Å². The average Bonchev–Trinajstić information content (AvgIpc) is 2.74. The Bertz CT molecular complexity index is 1090. The van der Waals surface area contributed by atoms with Crippen LogP contribution >= 0.6 is 34.8 Å². The molecule has 9 heteroatoms. The molecule has 162 valence electrons. The van der Waals surface area contributed by atoms with E-state index in [0.29, 0.717) is 39.5 Å². The summed E-state index contributed by atoms with van der Waals surface area (Å²) >= 11 is 18.6. The van der Waals surface area contributed by atoms with Gasteiger partial charge in [0.1, 0.15) is 11.6 Å². The highest BCUT2D eigenvalue weighted by atomic mass is 35.5. The molecular weight excluding hydrogens is 459 g/mol. The molecule has 0 aliphatic rings. The number of aliphatic imine (C=N–C) groups is 1. The highest BCUT2D eigenvalue weighted by Gasteiger charge is 2.18. The van der Waals surface area contributed by atoms with Gasteiger partial charge in [-0.2, -0.15) is 0 Å². The van der Waals surface area contributed by atoms with E-state index >= 15 is 0 Å². The van der Waals surface area contributed by atoms with Crippen molar-refractivity contribution in [2.45, 2.75) is 26.3 Å². The third-order valence-corrected chi connectivity index (χ3v) is 5.33. The van der Waals surface area contributed by atoms with Crippen molar-refractivity contribution in [3.63, 3.8) is 0 Å². The van der Waals surface area contributed by atoms with Gasteiger partial charge in [0.05, 0.1) is 12.2 Å². The molecule has 2 N–H and O–H groups in total. The van der Waals surface area contributed by atoms with Crippen LogP contribution in [0.1, 0.15) is 22.6 Å². The number of amidine groups is 1. The molecule has 3 rings (SSSR count). The molecule has 0 aliphatic heterocycles. The van der Waals surface area contributed by atoms with Gasteiger partial charge in [0.2, 0.25) is 0 Å². The summed E-state index contributed by atoms with van der Waals surface area (Å²) < 4.78 is 5.90. The first-order valence-corrected chi connectivity index (χ1v) is 10.7. The van der Waals surface area contributed by atoms with Gasteiger partial charge in [-0.3, -0.25) is 15.7 Å². The fourth-order valence-corrected chi connectivity index (χ4v) is 3.56. The van der Waals surface area contributed by atoms with Crippen molar-refractivity contribution in [3.05, 3.63) is 81.4 Å². The second-order valence-corrected chi connectivity index (χ2v) is 8.04. The second kappa shape index (κ2) is 10.8. The van der Waals surface area contributed by atoms with Gasteiger partial charge in [-0.05, 0) is 55.7 Å². The molecule has 6 nitrogen and oxygen atoms in total. The molecule has 0 radical (unpaired) electrons. The molecule has 2 aromatic carbocycles. The molecule has 0 unspecified atom stereocenters. The minimum Gasteiger partial charge on any atom is -0.453 e. The van der Waals surface area contributed by atoms with Gasteiger partial charge >= 0.3 is 0 Å². The Morgan fingerprint density at radius 1 is 1.19 bits per heavy atom. The number of rotatable bonds is 7. The van der Waals surface area contributed by atoms with Crippen molar-refractivity contribution in [2.75, 3.05) is 5.88 Å². The van der Waals surface area contributed by atoms with E-state index in [-0.39, 0.29) is 17.8 Å². The molecule has 0 bridgehead atoms. The zero-order valence-electron chi connectivity index (χ0n) is 16.9. The molecule has 0 saturated heterocycles. The maximum Gasteiger partial charge on any atom is 0.175 e. The van der Waals surface area contributed by atoms with Gasteiger partial charge in [0.25, 0.3) is 0 Å². The van der Waals surface area contributed by atoms with Gasteiger partial charge in [-0.25, -0.2) is 9.97 Å². The van der Waals surface area contributed by atoms with E-state index in [9.17, 15) is 5.21 Å². The highest BCUT2D eigenvalue weighted by molar-refractivity contribution is 6.31. The highest BCUT2D eigenvalue weighted by Crippen LogP contribution is 2.27. The summed E-state index contributed by atoms with van der Waals surface area (Å²) in [6.07, 6.45) is 2.00. The number of hydrogen-bond acceptors (Lipinski definition) is 5. The summed E-state index contributed by atoms with van der Waals surface area (Å²) in [6, 6.07) is 12.4. The predicted octanol–water partition coefficient (Wildman–Crippen LogP) is 5.77. The van der Waals surface area contributed by atoms with Crippen LogP contribution in [0.2, 0.25) is 10.0 Å². The molecule has 1 aromatic heterocycles. The first-order valence-electron chi connectivity index (χ1n) is 9.46. The number of ether oxygens (including phenoxy) is 1. The van der Waals surface area contributed by atoms with Gasteiger partial charge in [-0.1, -0.05) is 41.4 Å². The summed E-state index contributed by atoms with van der Waals surface area (Å²) in [6.45, 7) is 3.70. The van der Waals surface area contributed by atoms with Crippen LogP contribution in [-0.4, -0.2) is 32.9 Å². The molecule has 0 spiro atoms. The van der Waals surface area contributed by atoms with Gasteiger partial charge in [0, 0.05) is 15.9 Å². The second-order valence-electron chi connectivity index (χ2n) is 6.89. The first kappa shape index (κ1) is 23.3. The minimum atomic E-state index is -0.370. The summed E-state index contributed by atoms with van der Waals surface area (Å²) in [5.74, 6) is 1.61. The third kappa shape index (κ3) is 6.31. The number of hydroxylamine groups is 1. The van der Waals surface area contributed by atoms with Crippen LogP contribution in [0, 0.1) is 13.8 Å². The topological polar surface area (TPSA) is 79.6 Å². The third-order valence-electron chi connectivity index (χ3n) is 4.38. The summed E-state index contributed by atoms with van der Waals surface area (Å²) in [7, 11) is 0. The Morgan fingerprint density at radius 3 is 2.68 bits per heavy atom. The quantitative estimate of drug-likeness (QED) is 0.195. The Hall–Kier alpha value is -2.38. The minimum absolute atomic E-state index is 0.108. The molecule has 31 heavy (non-hydrogen) atoms. The van der Waals surface area contributed by atoms with Crippen LogP contribution in [0.5, 0.6) is 11.5 Å². The van der Waals surface area contributed by atoms with Crippen LogP contribution < -0.4 is 10.2 Å². The van der Waals surface area contributed by atoms with Crippen molar-refractivity contribution in [3.8, 4) is 11.5 Å². The standard InChI is InChI=1S/C22H21Cl3N4O2/c1-13-6-7-15(19(25)8-13)9-17(11-23)28-22(29-30)21-20(12-26-14(2)27-21)31-18-5-3-4-16(24)10-18/h3-8,10,12,17,30H,9,11H2,1-2H3,(H,28,29)/t17-/m1/s1. The number of benzene rings is 2. The van der Waals surface area contributed by atoms with Crippen LogP contribution in [-0.2, 0) is 6.42 Å². The Balaban J connectivity index is 1.94. The number of aryl methyl sites for hydroxylation is 2. The lowest BCUT2D eigenvalue weighted by Gasteiger charge is -2.15. The van der Waals surface area contributed by atoms with Gasteiger partial charge < -0.3 is 4.74 Å². The smallest absolute Gasteiger partial charge is 0.175 e. The first-order chi connectivity index (χ1) is 14.9. The zero-order chi connectivity index (χ0) is 22.4. The normalized spacial score (nSPS) is 12.5. The van der Waals surface area contributed by atoms with E-state index in [0.717, 1.165) is 11.1 Å². The van der Waals surface area contributed by atoms with Crippen molar-refractivity contribution in [2.24, 2.45) is 4.99 Å². The maximum atomic E-state index is 9.82. The van der Waals surface area contributed by atoms with Crippen LogP contribution in [0.15, 0.2) is 53.7 Å². The Labute approximate surface area is 195 Å². The van der Waals surface area contributed by atoms with E-state index in [1.54, 1.807) is 31.2 Å². The van der Waals surface area contributed by atoms with Gasteiger partial charge in [0.15, 0.2) is 17.3 Å². The van der Waals surface area contributed by atoms with Crippen LogP contribution in [0.25, 0.3) is 0 Å². The largest absolute Gasteiger partial charge is 0.453 e. The number of halogens is 3. The molecule has 0 fully saturated rings. The number of nitrogens with zero attached hydrogens (tertiary/aromatic N) is 3. The monoisotopic (exact) mass is 478 g/mol. The van der Waals surface area contributed by atoms with E-state index in [2.05, 4.69) is 20.4 Å². The Morgan fingerprint density at radius 2 is 2.00 bits per heavy atom. The predicted molar refractivity (Wildman–Crippen MR) is 124 cm³/mol. The number of alkyl halides is 1. The van der Waals surface area contributed by atoms with E-state index in [4.69, 9.17) is 39.5 Å². The van der Waals surface area contributed by atoms with E-state index in [1.165, 1.54) is 6.20 Å². The van der Waals surface area contributed by atoms with Crippen molar-refractivity contribution >= 4 is 40.6 Å². The van der Waals surface area contributed by atoms with Crippen molar-refractivity contribution in [1.82, 2.24) is 15.4 Å². The summed E-state index contributed by atoms with van der Waals surface area (Å²) in [4.78, 5) is 13.2. The summed E-state index contributed by atoms with van der Waals surface area (Å²) in [5, 5.41) is 11.0. The summed E-state index contributed by atoms with van der Waals surface area (Å²) in [5.41, 5.74) is 4.39. The van der Waals surface area contributed by atoms with Crippen molar-refractivity contribution < 1.29 is 9.94 Å². The molecule has 0 aliphatic carbocycles. The van der Waals surface area contributed by atoms with E-state index < -0.39 is 0 Å². The number of hydrogen-bond donors (Lipinski definition) is 2. The maximum absolute atomic E-state index is 9.82. The number of aromatic nitrogens is 2. The van der Waals surface area contributed by atoms with Gasteiger partial charge in [-0.15, -0.1) is 11.6 Å². The molecule has 1 atom stereocenters. The fraction of sp³-hybridized carbons (Fsp3) is 0.227. The Kier molecular flexibility index (Phi) is 8.09. The SMILES string of the molecule is Cc1ccc(C[C@H](CCl)N=C(NO)c2nc(C)ncc2Oc2cccc(Cl)c2)c(Cl)c1. The zero-order valence-corrected chi connectivity index (χ0v) is 19.2. The molecular formula is C22H21Cl3N4O2. The molecule has 3 aromatic rings. The molecule has 0 saturated carbocycles. The van der Waals surface area contributed by atoms with Crippen LogP contribution in [0.3, 0.4) is 0 Å². The average molecular weight is 480 g/mol. The lowest BCUT2D eigenvalue weighted by molar-refractivity contribution is 0.233. The fourth-order valence-electron chi connectivity index (χ4n) is 2.89.